The van der Waals surface area contributed by atoms with Gasteiger partial charge in [-0.3, -0.25) is 4.90 Å². The van der Waals surface area contributed by atoms with E-state index in [9.17, 15) is 9.90 Å². The Labute approximate surface area is 119 Å². The van der Waals surface area contributed by atoms with Gasteiger partial charge in [0.1, 0.15) is 0 Å². The third kappa shape index (κ3) is 2.45. The average molecular weight is 275 g/mol. The van der Waals surface area contributed by atoms with Crippen molar-refractivity contribution < 1.29 is 9.90 Å². The maximum Gasteiger partial charge on any atom is 0.337 e. The van der Waals surface area contributed by atoms with Gasteiger partial charge in [-0.2, -0.15) is 0 Å². The van der Waals surface area contributed by atoms with Gasteiger partial charge in [0.25, 0.3) is 0 Å². The minimum absolute atomic E-state index is 0.314. The number of carboxylic acids is 1. The lowest BCUT2D eigenvalue weighted by atomic mass is 9.98. The highest BCUT2D eigenvalue weighted by Crippen LogP contribution is 2.28. The number of nitrogen functional groups attached to an aromatic ring is 1. The minimum atomic E-state index is -0.904. The van der Waals surface area contributed by atoms with Crippen LogP contribution >= 0.6 is 0 Å². The topological polar surface area (TPSA) is 69.8 Å². The summed E-state index contributed by atoms with van der Waals surface area (Å²) in [6.07, 6.45) is 3.79. The molecule has 1 atom stereocenters. The van der Waals surface area contributed by atoms with Gasteiger partial charge < -0.3 is 15.7 Å². The van der Waals surface area contributed by atoms with E-state index in [-0.39, 0.29) is 0 Å². The summed E-state index contributed by atoms with van der Waals surface area (Å²) in [5.74, 6) is -0.904. The molecule has 0 spiro atoms. The van der Waals surface area contributed by atoms with Crippen LogP contribution in [0.5, 0.6) is 0 Å². The van der Waals surface area contributed by atoms with Crippen molar-refractivity contribution in [3.63, 3.8) is 0 Å². The first-order chi connectivity index (χ1) is 9.65. The van der Waals surface area contributed by atoms with Gasteiger partial charge in [-0.25, -0.2) is 4.79 Å². The molecule has 3 N–H and O–H groups in total. The van der Waals surface area contributed by atoms with Crippen molar-refractivity contribution in [2.24, 2.45) is 0 Å². The predicted molar refractivity (Wildman–Crippen MR) is 79.2 cm³/mol. The van der Waals surface area contributed by atoms with E-state index in [1.165, 1.54) is 25.8 Å². The SMILES string of the molecule is Nc1ccc(N2CCN3CCCCC3C2)c(C(=O)O)c1. The zero-order valence-corrected chi connectivity index (χ0v) is 11.6. The molecule has 1 aromatic rings. The fraction of sp³-hybridized carbons (Fsp3) is 0.533. The molecule has 1 unspecified atom stereocenters. The van der Waals surface area contributed by atoms with Crippen LogP contribution in [-0.4, -0.2) is 48.2 Å². The fourth-order valence-corrected chi connectivity index (χ4v) is 3.38. The van der Waals surface area contributed by atoms with Crippen molar-refractivity contribution in [1.82, 2.24) is 4.90 Å². The van der Waals surface area contributed by atoms with Crippen molar-refractivity contribution in [1.29, 1.82) is 0 Å². The van der Waals surface area contributed by atoms with Gasteiger partial charge in [0.05, 0.1) is 11.3 Å². The molecule has 0 aromatic heterocycles. The molecule has 2 aliphatic heterocycles. The van der Waals surface area contributed by atoms with Crippen molar-refractivity contribution in [3.8, 4) is 0 Å². The van der Waals surface area contributed by atoms with E-state index in [4.69, 9.17) is 5.73 Å². The van der Waals surface area contributed by atoms with Gasteiger partial charge >= 0.3 is 5.97 Å². The van der Waals surface area contributed by atoms with Crippen LogP contribution < -0.4 is 10.6 Å². The largest absolute Gasteiger partial charge is 0.478 e. The van der Waals surface area contributed by atoms with Gasteiger partial charge in [0.2, 0.25) is 0 Å². The molecule has 0 aliphatic carbocycles. The summed E-state index contributed by atoms with van der Waals surface area (Å²) in [5.41, 5.74) is 7.33. The quantitative estimate of drug-likeness (QED) is 0.803. The smallest absolute Gasteiger partial charge is 0.337 e. The van der Waals surface area contributed by atoms with Crippen LogP contribution in [0.3, 0.4) is 0 Å². The number of fused-ring (bicyclic) bond motifs is 1. The number of nitrogens with zero attached hydrogens (tertiary/aromatic N) is 2. The number of hydrogen-bond donors (Lipinski definition) is 2. The second-order valence-corrected chi connectivity index (χ2v) is 5.71. The summed E-state index contributed by atoms with van der Waals surface area (Å²) >= 11 is 0. The zero-order valence-electron chi connectivity index (χ0n) is 11.6. The normalized spacial score (nSPS) is 23.4. The highest BCUT2D eigenvalue weighted by Gasteiger charge is 2.30. The van der Waals surface area contributed by atoms with Crippen LogP contribution in [0, 0.1) is 0 Å². The molecule has 0 saturated carbocycles. The molecule has 20 heavy (non-hydrogen) atoms. The van der Waals surface area contributed by atoms with E-state index in [2.05, 4.69) is 9.80 Å². The van der Waals surface area contributed by atoms with Gasteiger partial charge in [-0.05, 0) is 37.6 Å². The van der Waals surface area contributed by atoms with Gasteiger partial charge in [0.15, 0.2) is 0 Å². The number of carboxylic acid groups (broad SMARTS) is 1. The fourth-order valence-electron chi connectivity index (χ4n) is 3.38. The molecule has 2 aliphatic rings. The number of piperidine rings is 1. The number of piperazine rings is 1. The molecule has 0 radical (unpaired) electrons. The van der Waals surface area contributed by atoms with Gasteiger partial charge in [-0.1, -0.05) is 6.42 Å². The number of anilines is 2. The summed E-state index contributed by atoms with van der Waals surface area (Å²) in [6, 6.07) is 5.76. The van der Waals surface area contributed by atoms with Crippen molar-refractivity contribution in [2.45, 2.75) is 25.3 Å². The molecule has 0 bridgehead atoms. The molecule has 2 fully saturated rings. The maximum atomic E-state index is 11.4. The third-order valence-corrected chi connectivity index (χ3v) is 4.43. The average Bonchev–Trinajstić information content (AvgIpc) is 2.46. The van der Waals surface area contributed by atoms with Crippen LogP contribution in [0.2, 0.25) is 0 Å². The minimum Gasteiger partial charge on any atom is -0.478 e. The summed E-state index contributed by atoms with van der Waals surface area (Å²) in [4.78, 5) is 16.1. The van der Waals surface area contributed by atoms with Crippen LogP contribution in [0.15, 0.2) is 18.2 Å². The van der Waals surface area contributed by atoms with E-state index in [1.54, 1.807) is 12.1 Å². The molecule has 108 valence electrons. The highest BCUT2D eigenvalue weighted by molar-refractivity contribution is 5.95. The van der Waals surface area contributed by atoms with E-state index in [0.717, 1.165) is 25.3 Å². The first-order valence-electron chi connectivity index (χ1n) is 7.27. The number of rotatable bonds is 2. The number of aromatic carboxylic acids is 1. The van der Waals surface area contributed by atoms with E-state index >= 15 is 0 Å². The van der Waals surface area contributed by atoms with Crippen molar-refractivity contribution in [2.75, 3.05) is 36.8 Å². The Bertz CT molecular complexity index is 518. The lowest BCUT2D eigenvalue weighted by molar-refractivity contribution is 0.0697. The van der Waals surface area contributed by atoms with Crippen LogP contribution in [0.1, 0.15) is 29.6 Å². The Morgan fingerprint density at radius 3 is 2.90 bits per heavy atom. The Morgan fingerprint density at radius 1 is 1.25 bits per heavy atom. The third-order valence-electron chi connectivity index (χ3n) is 4.43. The molecular formula is C15H21N3O2. The molecule has 5 heteroatoms. The molecule has 5 nitrogen and oxygen atoms in total. The van der Waals surface area contributed by atoms with Crippen molar-refractivity contribution >= 4 is 17.3 Å². The standard InChI is InChI=1S/C15H21N3O2/c16-11-4-5-14(13(9-11)15(19)20)18-8-7-17-6-2-1-3-12(17)10-18/h4-5,9,12H,1-3,6-8,10,16H2,(H,19,20). The number of carbonyl (C=O) groups is 1. The number of nitrogens with two attached hydrogens (primary N) is 1. The van der Waals surface area contributed by atoms with Gasteiger partial charge in [0, 0.05) is 31.4 Å². The van der Waals surface area contributed by atoms with Crippen molar-refractivity contribution in [3.05, 3.63) is 23.8 Å². The Morgan fingerprint density at radius 2 is 2.10 bits per heavy atom. The summed E-state index contributed by atoms with van der Waals surface area (Å²) in [7, 11) is 0. The molecule has 1 aromatic carbocycles. The second kappa shape index (κ2) is 5.32. The van der Waals surface area contributed by atoms with E-state index < -0.39 is 5.97 Å². The summed E-state index contributed by atoms with van der Waals surface area (Å²) in [5, 5.41) is 9.36. The monoisotopic (exact) mass is 275 g/mol. The van der Waals surface area contributed by atoms with Crippen LogP contribution in [0.4, 0.5) is 11.4 Å². The van der Waals surface area contributed by atoms with Crippen LogP contribution in [0.25, 0.3) is 0 Å². The Balaban J connectivity index is 1.84. The van der Waals surface area contributed by atoms with Gasteiger partial charge in [-0.15, -0.1) is 0 Å². The zero-order chi connectivity index (χ0) is 14.1. The van der Waals surface area contributed by atoms with E-state index in [1.807, 2.05) is 6.07 Å². The Hall–Kier alpha value is -1.75. The maximum absolute atomic E-state index is 11.4. The molecule has 0 amide bonds. The molecule has 2 saturated heterocycles. The highest BCUT2D eigenvalue weighted by atomic mass is 16.4. The van der Waals surface area contributed by atoms with E-state index in [0.29, 0.717) is 17.3 Å². The Kier molecular flexibility index (Phi) is 3.53. The van der Waals surface area contributed by atoms with Crippen LogP contribution in [-0.2, 0) is 0 Å². The number of hydrogen-bond acceptors (Lipinski definition) is 4. The molecule has 2 heterocycles. The first kappa shape index (κ1) is 13.2. The molecular weight excluding hydrogens is 254 g/mol. The summed E-state index contributed by atoms with van der Waals surface area (Å²) < 4.78 is 0. The lowest BCUT2D eigenvalue weighted by Crippen LogP contribution is -2.55. The predicted octanol–water partition coefficient (Wildman–Crippen LogP) is 1.64. The first-order valence-corrected chi connectivity index (χ1v) is 7.27. The summed E-state index contributed by atoms with van der Waals surface area (Å²) in [6.45, 7) is 4.02. The number of benzene rings is 1. The second-order valence-electron chi connectivity index (χ2n) is 5.71. The molecule has 3 rings (SSSR count). The lowest BCUT2D eigenvalue weighted by Gasteiger charge is -2.45.